The third-order valence-electron chi connectivity index (χ3n) is 2.39. The average molecular weight is 253 g/mol. The molecule has 2 aromatic rings. The zero-order chi connectivity index (χ0) is 11.4. The van der Waals surface area contributed by atoms with Crippen molar-refractivity contribution in [2.24, 2.45) is 0 Å². The maximum Gasteiger partial charge on any atom is 0.180 e. The van der Waals surface area contributed by atoms with E-state index in [-0.39, 0.29) is 0 Å². The molecule has 0 saturated carbocycles. The Labute approximate surface area is 103 Å². The third kappa shape index (κ3) is 2.81. The molecule has 1 unspecified atom stereocenters. The van der Waals surface area contributed by atoms with Gasteiger partial charge >= 0.3 is 0 Å². The van der Waals surface area contributed by atoms with Gasteiger partial charge in [-0.2, -0.15) is 0 Å². The van der Waals surface area contributed by atoms with Crippen LogP contribution in [0.15, 0.2) is 23.7 Å². The second-order valence-electron chi connectivity index (χ2n) is 3.52. The van der Waals surface area contributed by atoms with Gasteiger partial charge in [0.15, 0.2) is 5.13 Å². The van der Waals surface area contributed by atoms with Gasteiger partial charge in [0.25, 0.3) is 0 Å². The van der Waals surface area contributed by atoms with Crippen LogP contribution in [0.4, 0.5) is 5.13 Å². The minimum absolute atomic E-state index is 0.434. The summed E-state index contributed by atoms with van der Waals surface area (Å²) in [5, 5.41) is 6.28. The maximum atomic E-state index is 5.59. The number of nitrogens with one attached hydrogen (secondary N) is 1. The Morgan fingerprint density at radius 3 is 3.00 bits per heavy atom. The fourth-order valence-corrected chi connectivity index (χ4v) is 3.08. The summed E-state index contributed by atoms with van der Waals surface area (Å²) < 4.78 is 0. The molecule has 0 spiro atoms. The van der Waals surface area contributed by atoms with Gasteiger partial charge in [-0.25, -0.2) is 4.98 Å². The maximum absolute atomic E-state index is 5.59. The van der Waals surface area contributed by atoms with Gasteiger partial charge in [0, 0.05) is 28.5 Å². The minimum Gasteiger partial charge on any atom is -0.375 e. The lowest BCUT2D eigenvalue weighted by atomic mass is 10.2. The van der Waals surface area contributed by atoms with Crippen molar-refractivity contribution in [3.8, 4) is 0 Å². The highest BCUT2D eigenvalue weighted by Crippen LogP contribution is 2.23. The van der Waals surface area contributed by atoms with Crippen LogP contribution in [-0.2, 0) is 6.54 Å². The Bertz CT molecular complexity index is 422. The number of thiophene rings is 1. The van der Waals surface area contributed by atoms with E-state index in [1.807, 2.05) is 6.20 Å². The standard InChI is InChI=1S/C11H15N3S2/c1-2-9(10-4-3-5-15-10)13-6-8-7-14-11(12)16-8/h3-5,7,9,13H,2,6H2,1H3,(H2,12,14). The molecule has 2 aromatic heterocycles. The monoisotopic (exact) mass is 253 g/mol. The van der Waals surface area contributed by atoms with Gasteiger partial charge in [-0.15, -0.1) is 22.7 Å². The zero-order valence-corrected chi connectivity index (χ0v) is 10.8. The van der Waals surface area contributed by atoms with Crippen LogP contribution in [0.3, 0.4) is 0 Å². The van der Waals surface area contributed by atoms with E-state index in [0.29, 0.717) is 11.2 Å². The second kappa shape index (κ2) is 5.43. The Hall–Kier alpha value is -0.910. The number of nitrogens with two attached hydrogens (primary N) is 1. The fourth-order valence-electron chi connectivity index (χ4n) is 1.56. The van der Waals surface area contributed by atoms with Crippen molar-refractivity contribution in [3.05, 3.63) is 33.5 Å². The van der Waals surface area contributed by atoms with Crippen LogP contribution in [0.25, 0.3) is 0 Å². The van der Waals surface area contributed by atoms with Crippen molar-refractivity contribution in [1.82, 2.24) is 10.3 Å². The van der Waals surface area contributed by atoms with E-state index in [2.05, 4.69) is 34.7 Å². The topological polar surface area (TPSA) is 50.9 Å². The van der Waals surface area contributed by atoms with Crippen molar-refractivity contribution in [2.45, 2.75) is 25.9 Å². The van der Waals surface area contributed by atoms with Crippen LogP contribution in [0, 0.1) is 0 Å². The van der Waals surface area contributed by atoms with Crippen LogP contribution in [0.2, 0.25) is 0 Å². The van der Waals surface area contributed by atoms with Crippen LogP contribution in [0.5, 0.6) is 0 Å². The van der Waals surface area contributed by atoms with E-state index in [9.17, 15) is 0 Å². The second-order valence-corrected chi connectivity index (χ2v) is 5.65. The largest absolute Gasteiger partial charge is 0.375 e. The lowest BCUT2D eigenvalue weighted by molar-refractivity contribution is 0.529. The molecule has 3 N–H and O–H groups in total. The highest BCUT2D eigenvalue weighted by molar-refractivity contribution is 7.15. The van der Waals surface area contributed by atoms with Crippen LogP contribution >= 0.6 is 22.7 Å². The Morgan fingerprint density at radius 1 is 1.56 bits per heavy atom. The SMILES string of the molecule is CCC(NCc1cnc(N)s1)c1cccs1. The first kappa shape index (κ1) is 11.6. The van der Waals surface area contributed by atoms with E-state index in [0.717, 1.165) is 13.0 Å². The molecule has 16 heavy (non-hydrogen) atoms. The zero-order valence-electron chi connectivity index (χ0n) is 9.14. The van der Waals surface area contributed by atoms with Crippen molar-refractivity contribution in [1.29, 1.82) is 0 Å². The Balaban J connectivity index is 1.93. The summed E-state index contributed by atoms with van der Waals surface area (Å²) in [6, 6.07) is 4.70. The van der Waals surface area contributed by atoms with Crippen molar-refractivity contribution in [2.75, 3.05) is 5.73 Å². The fraction of sp³-hybridized carbons (Fsp3) is 0.364. The van der Waals surface area contributed by atoms with Gasteiger partial charge in [-0.3, -0.25) is 0 Å². The van der Waals surface area contributed by atoms with E-state index in [4.69, 9.17) is 5.73 Å². The number of hydrogen-bond acceptors (Lipinski definition) is 5. The summed E-state index contributed by atoms with van der Waals surface area (Å²) in [6.45, 7) is 3.03. The number of nitrogens with zero attached hydrogens (tertiary/aromatic N) is 1. The molecule has 2 heterocycles. The van der Waals surface area contributed by atoms with Crippen molar-refractivity contribution >= 4 is 27.8 Å². The number of aromatic nitrogens is 1. The van der Waals surface area contributed by atoms with E-state index in [1.165, 1.54) is 9.75 Å². The average Bonchev–Trinajstić information content (AvgIpc) is 2.91. The predicted molar refractivity (Wildman–Crippen MR) is 70.7 cm³/mol. The molecule has 0 radical (unpaired) electrons. The number of rotatable bonds is 5. The molecule has 0 saturated heterocycles. The molecule has 0 bridgehead atoms. The Morgan fingerprint density at radius 2 is 2.44 bits per heavy atom. The van der Waals surface area contributed by atoms with Crippen LogP contribution < -0.4 is 11.1 Å². The van der Waals surface area contributed by atoms with Gasteiger partial charge < -0.3 is 11.1 Å². The molecule has 2 rings (SSSR count). The molecule has 3 nitrogen and oxygen atoms in total. The minimum atomic E-state index is 0.434. The summed E-state index contributed by atoms with van der Waals surface area (Å²) in [4.78, 5) is 6.62. The van der Waals surface area contributed by atoms with Crippen LogP contribution in [0.1, 0.15) is 29.1 Å². The molecular weight excluding hydrogens is 238 g/mol. The quantitative estimate of drug-likeness (QED) is 0.861. The molecule has 86 valence electrons. The van der Waals surface area contributed by atoms with Crippen molar-refractivity contribution < 1.29 is 0 Å². The molecule has 5 heteroatoms. The summed E-state index contributed by atoms with van der Waals surface area (Å²) in [5.41, 5.74) is 5.59. The van der Waals surface area contributed by atoms with Gasteiger partial charge in [0.05, 0.1) is 0 Å². The lowest BCUT2D eigenvalue weighted by Crippen LogP contribution is -2.18. The van der Waals surface area contributed by atoms with E-state index >= 15 is 0 Å². The third-order valence-corrected chi connectivity index (χ3v) is 4.20. The molecule has 0 aliphatic heterocycles. The van der Waals surface area contributed by atoms with Gasteiger partial charge in [0.1, 0.15) is 0 Å². The summed E-state index contributed by atoms with van der Waals surface area (Å²) in [7, 11) is 0. The first-order chi connectivity index (χ1) is 7.79. The first-order valence-corrected chi connectivity index (χ1v) is 6.96. The van der Waals surface area contributed by atoms with Gasteiger partial charge in [-0.1, -0.05) is 13.0 Å². The number of nitrogen functional groups attached to an aromatic ring is 1. The number of anilines is 1. The molecule has 0 aliphatic carbocycles. The molecule has 0 fully saturated rings. The summed E-state index contributed by atoms with van der Waals surface area (Å²) in [6.07, 6.45) is 2.93. The molecule has 0 amide bonds. The molecule has 0 aromatic carbocycles. The predicted octanol–water partition coefficient (Wildman–Crippen LogP) is 3.03. The highest BCUT2D eigenvalue weighted by atomic mass is 32.1. The molecule has 1 atom stereocenters. The summed E-state index contributed by atoms with van der Waals surface area (Å²) in [5.74, 6) is 0. The van der Waals surface area contributed by atoms with Crippen molar-refractivity contribution in [3.63, 3.8) is 0 Å². The Kier molecular flexibility index (Phi) is 3.93. The number of thiazole rings is 1. The van der Waals surface area contributed by atoms with Gasteiger partial charge in [0.2, 0.25) is 0 Å². The number of hydrogen-bond donors (Lipinski definition) is 2. The van der Waals surface area contributed by atoms with E-state index in [1.54, 1.807) is 22.7 Å². The smallest absolute Gasteiger partial charge is 0.180 e. The first-order valence-electron chi connectivity index (χ1n) is 5.26. The summed E-state index contributed by atoms with van der Waals surface area (Å²) >= 11 is 3.34. The molecule has 0 aliphatic rings. The van der Waals surface area contributed by atoms with Crippen LogP contribution in [-0.4, -0.2) is 4.98 Å². The highest BCUT2D eigenvalue weighted by Gasteiger charge is 2.09. The van der Waals surface area contributed by atoms with Gasteiger partial charge in [-0.05, 0) is 17.9 Å². The molecular formula is C11H15N3S2. The normalized spacial score (nSPS) is 12.8. The van der Waals surface area contributed by atoms with E-state index < -0.39 is 0 Å². The lowest BCUT2D eigenvalue weighted by Gasteiger charge is -2.14.